The van der Waals surface area contributed by atoms with Crippen molar-refractivity contribution in [3.05, 3.63) is 77.3 Å². The van der Waals surface area contributed by atoms with Crippen LogP contribution in [-0.4, -0.2) is 46.2 Å². The zero-order chi connectivity index (χ0) is 25.5. The Morgan fingerprint density at radius 1 is 1.03 bits per heavy atom. The predicted octanol–water partition coefficient (Wildman–Crippen LogP) is 5.16. The van der Waals surface area contributed by atoms with E-state index in [2.05, 4.69) is 59.6 Å². The maximum Gasteiger partial charge on any atom is 0.157 e. The van der Waals surface area contributed by atoms with E-state index in [0.717, 1.165) is 85.9 Å². The molecule has 1 saturated heterocycles. The van der Waals surface area contributed by atoms with E-state index in [9.17, 15) is 5.26 Å². The van der Waals surface area contributed by atoms with Crippen LogP contribution in [0, 0.1) is 11.3 Å². The maximum absolute atomic E-state index is 9.62. The summed E-state index contributed by atoms with van der Waals surface area (Å²) in [5, 5.41) is 18.3. The Balaban J connectivity index is 1.48. The van der Waals surface area contributed by atoms with Gasteiger partial charge in [-0.3, -0.25) is 0 Å². The largest absolute Gasteiger partial charge is 0.387 e. The summed E-state index contributed by atoms with van der Waals surface area (Å²) in [4.78, 5) is 9.74. The monoisotopic (exact) mass is 493 g/mol. The van der Waals surface area contributed by atoms with Gasteiger partial charge in [0.15, 0.2) is 5.65 Å². The van der Waals surface area contributed by atoms with Crippen LogP contribution in [0.25, 0.3) is 11.3 Å². The summed E-state index contributed by atoms with van der Waals surface area (Å²) in [5.41, 5.74) is 8.08. The Hall–Kier alpha value is -3.79. The number of nitrogens with one attached hydrogen (secondary N) is 1. The minimum Gasteiger partial charge on any atom is -0.387 e. The van der Waals surface area contributed by atoms with Gasteiger partial charge >= 0.3 is 0 Å². The zero-order valence-corrected chi connectivity index (χ0v) is 21.7. The number of nitriles is 1. The molecule has 2 aliphatic heterocycles. The number of fused-ring (bicyclic) bond motifs is 4. The van der Waals surface area contributed by atoms with E-state index in [-0.39, 0.29) is 6.04 Å². The highest BCUT2D eigenvalue weighted by molar-refractivity contribution is 5.67. The number of anilines is 1. The third-order valence-corrected chi connectivity index (χ3v) is 8.09. The van der Waals surface area contributed by atoms with Crippen LogP contribution in [0.3, 0.4) is 0 Å². The molecule has 1 unspecified atom stereocenters. The van der Waals surface area contributed by atoms with Crippen molar-refractivity contribution in [2.75, 3.05) is 31.6 Å². The van der Waals surface area contributed by atoms with Gasteiger partial charge in [-0.15, -0.1) is 0 Å². The Kier molecular flexibility index (Phi) is 6.11. The molecule has 1 aliphatic carbocycles. The summed E-state index contributed by atoms with van der Waals surface area (Å²) in [6, 6.07) is 12.9. The first-order chi connectivity index (χ1) is 18.0. The fourth-order valence-corrected chi connectivity index (χ4v) is 5.76. The third-order valence-electron chi connectivity index (χ3n) is 8.09. The van der Waals surface area contributed by atoms with Gasteiger partial charge < -0.3 is 15.1 Å². The Morgan fingerprint density at radius 3 is 2.70 bits per heavy atom. The summed E-state index contributed by atoms with van der Waals surface area (Å²) < 4.78 is 2.03. The number of nitrogens with zero attached hydrogens (tertiary/aromatic N) is 6. The van der Waals surface area contributed by atoms with Crippen molar-refractivity contribution in [1.29, 1.82) is 5.26 Å². The van der Waals surface area contributed by atoms with E-state index in [0.29, 0.717) is 11.5 Å². The molecule has 37 heavy (non-hydrogen) atoms. The van der Waals surface area contributed by atoms with Gasteiger partial charge in [-0.05, 0) is 62.6 Å². The second-order valence-electron chi connectivity index (χ2n) is 10.7. The molecule has 4 heterocycles. The number of hydrogen-bond acceptors (Lipinski definition) is 6. The lowest BCUT2D eigenvalue weighted by atomic mass is 9.93. The number of allylic oxidation sites excluding steroid dienone is 1. The van der Waals surface area contributed by atoms with E-state index < -0.39 is 0 Å². The number of hydrogen-bond donors (Lipinski definition) is 1. The number of aromatic nitrogens is 3. The van der Waals surface area contributed by atoms with E-state index in [1.165, 1.54) is 24.1 Å². The third kappa shape index (κ3) is 4.57. The molecule has 1 atom stereocenters. The molecular formula is C30H35N7. The van der Waals surface area contributed by atoms with Gasteiger partial charge in [-0.1, -0.05) is 19.2 Å². The second-order valence-corrected chi connectivity index (χ2v) is 10.7. The van der Waals surface area contributed by atoms with E-state index >= 15 is 0 Å². The Labute approximate surface area is 219 Å². The number of benzene rings is 1. The normalized spacial score (nSPS) is 20.9. The highest BCUT2D eigenvalue weighted by Crippen LogP contribution is 2.41. The fraction of sp³-hybridized carbons (Fsp3) is 0.433. The number of aryl methyl sites for hydroxylation is 1. The molecule has 6 rings (SSSR count). The van der Waals surface area contributed by atoms with Crippen LogP contribution in [0.15, 0.2) is 49.2 Å². The summed E-state index contributed by atoms with van der Waals surface area (Å²) in [6.45, 7) is 11.4. The van der Waals surface area contributed by atoms with Gasteiger partial charge in [0.05, 0.1) is 23.4 Å². The molecule has 3 aromatic rings. The topological polar surface area (TPSA) is 72.5 Å². The van der Waals surface area contributed by atoms with E-state index in [4.69, 9.17) is 10.1 Å². The molecule has 2 aromatic heterocycles. The van der Waals surface area contributed by atoms with Gasteiger partial charge in [0.1, 0.15) is 5.82 Å². The molecule has 0 spiro atoms. The Morgan fingerprint density at radius 2 is 1.89 bits per heavy atom. The van der Waals surface area contributed by atoms with Crippen molar-refractivity contribution in [2.45, 2.75) is 56.9 Å². The van der Waals surface area contributed by atoms with Crippen LogP contribution in [-0.2, 0) is 6.42 Å². The van der Waals surface area contributed by atoms with Crippen LogP contribution >= 0.6 is 0 Å². The first-order valence-electron chi connectivity index (χ1n) is 13.5. The first-order valence-corrected chi connectivity index (χ1v) is 13.5. The number of piperidine rings is 1. The number of rotatable bonds is 1. The lowest BCUT2D eigenvalue weighted by Gasteiger charge is -2.38. The lowest BCUT2D eigenvalue weighted by molar-refractivity contribution is 0.226. The van der Waals surface area contributed by atoms with Gasteiger partial charge in [-0.2, -0.15) is 14.9 Å². The molecule has 0 amide bonds. The van der Waals surface area contributed by atoms with Crippen LogP contribution in [0.5, 0.6) is 0 Å². The molecule has 2 fully saturated rings. The van der Waals surface area contributed by atoms with Crippen molar-refractivity contribution in [2.24, 2.45) is 0 Å². The van der Waals surface area contributed by atoms with Gasteiger partial charge in [0.25, 0.3) is 0 Å². The molecule has 1 saturated carbocycles. The van der Waals surface area contributed by atoms with Crippen LogP contribution < -0.4 is 10.2 Å². The summed E-state index contributed by atoms with van der Waals surface area (Å²) in [6.07, 6.45) is 7.43. The van der Waals surface area contributed by atoms with Crippen molar-refractivity contribution in [1.82, 2.24) is 24.8 Å². The molecule has 190 valence electrons. The summed E-state index contributed by atoms with van der Waals surface area (Å²) in [5.74, 6) is 1.65. The van der Waals surface area contributed by atoms with Crippen molar-refractivity contribution in [3.63, 3.8) is 0 Å². The average Bonchev–Trinajstić information content (AvgIpc) is 3.68. The first kappa shape index (κ1) is 23.6. The van der Waals surface area contributed by atoms with Crippen LogP contribution in [0.1, 0.15) is 78.6 Å². The molecule has 0 radical (unpaired) electrons. The Bertz CT molecular complexity index is 1410. The summed E-state index contributed by atoms with van der Waals surface area (Å²) in [7, 11) is 2.14. The van der Waals surface area contributed by atoms with Crippen molar-refractivity contribution >= 4 is 17.2 Å². The quantitative estimate of drug-likeness (QED) is 0.505. The van der Waals surface area contributed by atoms with Gasteiger partial charge in [0.2, 0.25) is 0 Å². The van der Waals surface area contributed by atoms with Gasteiger partial charge in [0, 0.05) is 67.4 Å². The van der Waals surface area contributed by atoms with E-state index in [1.54, 1.807) is 0 Å². The van der Waals surface area contributed by atoms with Crippen molar-refractivity contribution < 1.29 is 0 Å². The standard InChI is InChI=1S/C30H35N7/c1-20-7-9-23-10-8-22(19-31)16-25(23)21(2)36-14-5-4-6-28(36)27-17-29-33-26(24-11-12-24)18-30(37(29)34-27)35(3)15-13-32-20/h8,10,16-18,24,28,32H,1-2,4-7,9,11-15H2,3H3. The molecule has 1 aromatic carbocycles. The molecule has 1 N–H and O–H groups in total. The second kappa shape index (κ2) is 9.59. The van der Waals surface area contributed by atoms with Crippen LogP contribution in [0.4, 0.5) is 5.82 Å². The summed E-state index contributed by atoms with van der Waals surface area (Å²) >= 11 is 0. The number of likely N-dealkylation sites (N-methyl/N-ethyl adjacent to an activating group) is 1. The fourth-order valence-electron chi connectivity index (χ4n) is 5.76. The molecule has 2 bridgehead atoms. The smallest absolute Gasteiger partial charge is 0.157 e. The maximum atomic E-state index is 9.62. The average molecular weight is 494 g/mol. The highest BCUT2D eigenvalue weighted by atomic mass is 15.4. The highest BCUT2D eigenvalue weighted by Gasteiger charge is 2.31. The minimum atomic E-state index is 0.133. The molecule has 7 nitrogen and oxygen atoms in total. The van der Waals surface area contributed by atoms with Crippen molar-refractivity contribution in [3.8, 4) is 6.07 Å². The molecular weight excluding hydrogens is 458 g/mol. The van der Waals surface area contributed by atoms with Crippen LogP contribution in [0.2, 0.25) is 0 Å². The predicted molar refractivity (Wildman–Crippen MR) is 147 cm³/mol. The lowest BCUT2D eigenvalue weighted by Crippen LogP contribution is -2.33. The zero-order valence-electron chi connectivity index (χ0n) is 21.7. The minimum absolute atomic E-state index is 0.133. The molecule has 3 aliphatic rings. The van der Waals surface area contributed by atoms with E-state index in [1.807, 2.05) is 16.6 Å². The van der Waals surface area contributed by atoms with Gasteiger partial charge in [-0.25, -0.2) is 4.98 Å². The molecule has 7 heteroatoms. The SMILES string of the molecule is C=C1CCc2ccc(C#N)cc2C(=C)N2CCCCC2c2cc3nc(C4CC4)cc(n3n2)N(C)CCN1.